The van der Waals surface area contributed by atoms with E-state index < -0.39 is 0 Å². The van der Waals surface area contributed by atoms with Crippen LogP contribution in [0.1, 0.15) is 17.3 Å². The number of methoxy groups -OCH3 is 2. The van der Waals surface area contributed by atoms with Gasteiger partial charge in [-0.25, -0.2) is 0 Å². The van der Waals surface area contributed by atoms with Gasteiger partial charge in [-0.05, 0) is 13.0 Å². The Hall–Kier alpha value is -1.95. The minimum absolute atomic E-state index is 0.178. The molecule has 0 heterocycles. The number of hydrogen-bond donors (Lipinski definition) is 1. The van der Waals surface area contributed by atoms with Crippen LogP contribution >= 0.6 is 0 Å². The normalized spacial score (nSPS) is 10.2. The highest BCUT2D eigenvalue weighted by atomic mass is 16.5. The summed E-state index contributed by atoms with van der Waals surface area (Å²) in [7, 11) is 4.74. The van der Waals surface area contributed by atoms with Crippen molar-refractivity contribution in [1.29, 1.82) is 0 Å². The predicted molar refractivity (Wildman–Crippen MR) is 77.4 cm³/mol. The monoisotopic (exact) mass is 282 g/mol. The van der Waals surface area contributed by atoms with Crippen molar-refractivity contribution in [2.24, 2.45) is 0 Å². The molecule has 0 fully saturated rings. The Morgan fingerprint density at radius 3 is 2.40 bits per heavy atom. The van der Waals surface area contributed by atoms with Crippen LogP contribution < -0.4 is 15.2 Å². The first-order chi connectivity index (χ1) is 9.54. The van der Waals surface area contributed by atoms with Crippen LogP contribution in [-0.4, -0.2) is 51.8 Å². The molecule has 112 valence electrons. The Morgan fingerprint density at radius 1 is 1.25 bits per heavy atom. The van der Waals surface area contributed by atoms with E-state index in [2.05, 4.69) is 0 Å². The highest BCUT2D eigenvalue weighted by Gasteiger charge is 2.18. The van der Waals surface area contributed by atoms with E-state index >= 15 is 0 Å². The molecule has 0 aromatic heterocycles. The summed E-state index contributed by atoms with van der Waals surface area (Å²) in [4.78, 5) is 13.9. The Bertz CT molecular complexity index is 463. The summed E-state index contributed by atoms with van der Waals surface area (Å²) in [6, 6.07) is 3.18. The first-order valence-corrected chi connectivity index (χ1v) is 6.39. The average Bonchev–Trinajstić information content (AvgIpc) is 2.46. The Labute approximate surface area is 119 Å². The minimum atomic E-state index is -0.178. The molecule has 6 nitrogen and oxygen atoms in total. The first kappa shape index (κ1) is 16.1. The number of carbonyl (C=O) groups is 1. The quantitative estimate of drug-likeness (QED) is 0.604. The fraction of sp³-hybridized carbons (Fsp3) is 0.500. The molecule has 1 aromatic rings. The third-order valence-corrected chi connectivity index (χ3v) is 2.91. The maximum Gasteiger partial charge on any atom is 0.255 e. The number of likely N-dealkylation sites (N-methyl/N-ethyl adjacent to an activating group) is 1. The van der Waals surface area contributed by atoms with Gasteiger partial charge in [-0.2, -0.15) is 0 Å². The highest BCUT2D eigenvalue weighted by molar-refractivity contribution is 5.99. The van der Waals surface area contributed by atoms with Crippen molar-refractivity contribution in [3.63, 3.8) is 0 Å². The van der Waals surface area contributed by atoms with Crippen molar-refractivity contribution >= 4 is 11.6 Å². The summed E-state index contributed by atoms with van der Waals surface area (Å²) in [6.07, 6.45) is 0. The highest BCUT2D eigenvalue weighted by Crippen LogP contribution is 2.32. The van der Waals surface area contributed by atoms with Gasteiger partial charge in [-0.1, -0.05) is 0 Å². The van der Waals surface area contributed by atoms with Crippen LogP contribution in [0.2, 0.25) is 0 Å². The summed E-state index contributed by atoms with van der Waals surface area (Å²) in [6.45, 7) is 3.53. The number of hydrogen-bond acceptors (Lipinski definition) is 5. The van der Waals surface area contributed by atoms with Crippen molar-refractivity contribution in [1.82, 2.24) is 4.90 Å². The van der Waals surface area contributed by atoms with Crippen molar-refractivity contribution in [3.05, 3.63) is 17.7 Å². The van der Waals surface area contributed by atoms with E-state index in [1.54, 1.807) is 24.1 Å². The molecule has 0 unspecified atom stereocenters. The summed E-state index contributed by atoms with van der Waals surface area (Å²) < 4.78 is 15.6. The lowest BCUT2D eigenvalue weighted by molar-refractivity contribution is 0.0710. The van der Waals surface area contributed by atoms with Gasteiger partial charge in [0.05, 0.1) is 26.4 Å². The number of benzene rings is 1. The number of amides is 1. The summed E-state index contributed by atoms with van der Waals surface area (Å²) >= 11 is 0. The summed E-state index contributed by atoms with van der Waals surface area (Å²) in [5, 5.41) is 0. The second-order valence-electron chi connectivity index (χ2n) is 4.22. The molecule has 0 aliphatic carbocycles. The van der Waals surface area contributed by atoms with Crippen molar-refractivity contribution in [3.8, 4) is 11.5 Å². The molecule has 1 aromatic carbocycles. The number of anilines is 1. The van der Waals surface area contributed by atoms with Crippen LogP contribution in [0, 0.1) is 0 Å². The van der Waals surface area contributed by atoms with Crippen LogP contribution in [0.5, 0.6) is 11.5 Å². The van der Waals surface area contributed by atoms with E-state index in [0.29, 0.717) is 42.5 Å². The fourth-order valence-corrected chi connectivity index (χ4v) is 1.73. The Kier molecular flexibility index (Phi) is 6.11. The van der Waals surface area contributed by atoms with E-state index in [0.717, 1.165) is 0 Å². The first-order valence-electron chi connectivity index (χ1n) is 6.39. The molecule has 0 bridgehead atoms. The predicted octanol–water partition coefficient (Wildman–Crippen LogP) is 1.39. The topological polar surface area (TPSA) is 74.0 Å². The molecule has 2 N–H and O–H groups in total. The van der Waals surface area contributed by atoms with Gasteiger partial charge >= 0.3 is 0 Å². The van der Waals surface area contributed by atoms with Crippen LogP contribution in [0.25, 0.3) is 0 Å². The Morgan fingerprint density at radius 2 is 1.85 bits per heavy atom. The third kappa shape index (κ3) is 3.77. The largest absolute Gasteiger partial charge is 0.493 e. The van der Waals surface area contributed by atoms with E-state index in [4.69, 9.17) is 19.9 Å². The van der Waals surface area contributed by atoms with E-state index in [1.807, 2.05) is 6.92 Å². The summed E-state index contributed by atoms with van der Waals surface area (Å²) in [5.41, 5.74) is 6.65. The van der Waals surface area contributed by atoms with Crippen molar-refractivity contribution in [2.45, 2.75) is 6.92 Å². The van der Waals surface area contributed by atoms with Crippen molar-refractivity contribution in [2.75, 3.05) is 46.8 Å². The number of ether oxygens (including phenoxy) is 3. The lowest BCUT2D eigenvalue weighted by Gasteiger charge is -2.19. The standard InChI is InChI=1S/C14H22N2O4/c1-5-20-7-6-16(2)14(17)10-8-12(18-3)13(19-4)9-11(10)15/h8-9H,5-7,15H2,1-4H3. The second kappa shape index (κ2) is 7.59. The molecule has 0 aliphatic rings. The lowest BCUT2D eigenvalue weighted by atomic mass is 10.1. The molecule has 6 heteroatoms. The zero-order valence-electron chi connectivity index (χ0n) is 12.4. The van der Waals surface area contributed by atoms with Gasteiger partial charge < -0.3 is 24.8 Å². The van der Waals surface area contributed by atoms with Crippen LogP contribution in [-0.2, 0) is 4.74 Å². The number of nitrogen functional groups attached to an aromatic ring is 1. The lowest BCUT2D eigenvalue weighted by Crippen LogP contribution is -2.30. The molecular weight excluding hydrogens is 260 g/mol. The number of nitrogens with two attached hydrogens (primary N) is 1. The molecule has 20 heavy (non-hydrogen) atoms. The van der Waals surface area contributed by atoms with Gasteiger partial charge in [0.25, 0.3) is 5.91 Å². The SMILES string of the molecule is CCOCCN(C)C(=O)c1cc(OC)c(OC)cc1N. The van der Waals surface area contributed by atoms with Crippen LogP contribution in [0.3, 0.4) is 0 Å². The van der Waals surface area contributed by atoms with Gasteiger partial charge in [0.1, 0.15) is 0 Å². The molecule has 0 spiro atoms. The third-order valence-electron chi connectivity index (χ3n) is 2.91. The van der Waals surface area contributed by atoms with Crippen LogP contribution in [0.15, 0.2) is 12.1 Å². The molecule has 1 amide bonds. The molecule has 0 saturated carbocycles. The van der Waals surface area contributed by atoms with Crippen LogP contribution in [0.4, 0.5) is 5.69 Å². The molecular formula is C14H22N2O4. The maximum atomic E-state index is 12.3. The molecule has 0 atom stereocenters. The van der Waals surface area contributed by atoms with Gasteiger partial charge in [0, 0.05) is 32.0 Å². The van der Waals surface area contributed by atoms with Gasteiger partial charge in [-0.3, -0.25) is 4.79 Å². The maximum absolute atomic E-state index is 12.3. The van der Waals surface area contributed by atoms with E-state index in [1.165, 1.54) is 14.2 Å². The smallest absolute Gasteiger partial charge is 0.255 e. The Balaban J connectivity index is 2.92. The summed E-state index contributed by atoms with van der Waals surface area (Å²) in [5.74, 6) is 0.796. The number of nitrogens with zero attached hydrogens (tertiary/aromatic N) is 1. The fourth-order valence-electron chi connectivity index (χ4n) is 1.73. The zero-order valence-corrected chi connectivity index (χ0v) is 12.4. The van der Waals surface area contributed by atoms with E-state index in [-0.39, 0.29) is 5.91 Å². The molecule has 0 saturated heterocycles. The average molecular weight is 282 g/mol. The molecule has 0 radical (unpaired) electrons. The molecule has 1 rings (SSSR count). The van der Waals surface area contributed by atoms with Gasteiger partial charge in [0.2, 0.25) is 0 Å². The zero-order chi connectivity index (χ0) is 15.1. The van der Waals surface area contributed by atoms with Gasteiger partial charge in [-0.15, -0.1) is 0 Å². The number of carbonyl (C=O) groups excluding carboxylic acids is 1. The minimum Gasteiger partial charge on any atom is -0.493 e. The van der Waals surface area contributed by atoms with E-state index in [9.17, 15) is 4.79 Å². The number of rotatable bonds is 7. The molecule has 0 aliphatic heterocycles. The van der Waals surface area contributed by atoms with Gasteiger partial charge in [0.15, 0.2) is 11.5 Å². The van der Waals surface area contributed by atoms with Crippen molar-refractivity contribution < 1.29 is 19.0 Å². The second-order valence-corrected chi connectivity index (χ2v) is 4.22.